The van der Waals surface area contributed by atoms with Gasteiger partial charge in [0.05, 0.1) is 6.04 Å². The summed E-state index contributed by atoms with van der Waals surface area (Å²) in [5.41, 5.74) is 5.13. The van der Waals surface area contributed by atoms with E-state index < -0.39 is 5.72 Å². The number of piperazine rings is 1. The molecule has 3 aliphatic rings. The molecule has 1 N–H and O–H groups in total. The molecule has 0 aliphatic carbocycles. The molecule has 8 heteroatoms. The lowest BCUT2D eigenvalue weighted by Crippen LogP contribution is -2.65. The molecule has 3 amide bonds. The maximum Gasteiger partial charge on any atom is 0.325 e. The number of halogens is 1. The quantitative estimate of drug-likeness (QED) is 0.472. The second-order valence-electron chi connectivity index (χ2n) is 10.5. The van der Waals surface area contributed by atoms with E-state index in [1.165, 1.54) is 16.8 Å². The van der Waals surface area contributed by atoms with Crippen LogP contribution in [0.25, 0.3) is 0 Å². The molecule has 0 spiro atoms. The first-order valence-corrected chi connectivity index (χ1v) is 13.4. The summed E-state index contributed by atoms with van der Waals surface area (Å²) < 4.78 is 6.34. The number of nitrogens with zero attached hydrogens (tertiary/aromatic N) is 3. The van der Waals surface area contributed by atoms with Crippen LogP contribution in [0.5, 0.6) is 5.75 Å². The van der Waals surface area contributed by atoms with Gasteiger partial charge in [0, 0.05) is 60.1 Å². The standard InChI is InChI=1S/C30H31ClN4O3/c1-19-5-4-6-26(20(19)2)33-13-15-34(16-14-33)28(36)21-7-10-23(11-8-21)35-29(37)32-25-18-30(35,3)38-27-12-9-22(31)17-24(25)27/h4-12,17,25H,13-16,18H2,1-3H3,(H,32,37). The Bertz CT molecular complexity index is 1420. The first-order valence-electron chi connectivity index (χ1n) is 13.0. The molecule has 0 radical (unpaired) electrons. The second kappa shape index (κ2) is 9.24. The highest BCUT2D eigenvalue weighted by Crippen LogP contribution is 2.46. The maximum absolute atomic E-state index is 13.3. The fraction of sp³-hybridized carbons (Fsp3) is 0.333. The van der Waals surface area contributed by atoms with Gasteiger partial charge in [0.25, 0.3) is 5.91 Å². The molecule has 3 aromatic rings. The normalized spacial score (nSPS) is 22.5. The van der Waals surface area contributed by atoms with Crippen LogP contribution in [0.3, 0.4) is 0 Å². The van der Waals surface area contributed by atoms with Gasteiger partial charge in [-0.3, -0.25) is 9.69 Å². The molecule has 7 nitrogen and oxygen atoms in total. The largest absolute Gasteiger partial charge is 0.467 e. The van der Waals surface area contributed by atoms with Gasteiger partial charge in [0.15, 0.2) is 5.72 Å². The Balaban J connectivity index is 1.16. The Kier molecular flexibility index (Phi) is 5.99. The highest BCUT2D eigenvalue weighted by molar-refractivity contribution is 6.30. The van der Waals surface area contributed by atoms with Crippen LogP contribution in [0, 0.1) is 13.8 Å². The summed E-state index contributed by atoms with van der Waals surface area (Å²) in [6.07, 6.45) is 0.581. The summed E-state index contributed by atoms with van der Waals surface area (Å²) in [6, 6.07) is 18.7. The molecule has 2 fully saturated rings. The van der Waals surface area contributed by atoms with E-state index in [0.29, 0.717) is 41.5 Å². The zero-order valence-corrected chi connectivity index (χ0v) is 22.6. The van der Waals surface area contributed by atoms with Crippen molar-refractivity contribution in [3.63, 3.8) is 0 Å². The third kappa shape index (κ3) is 4.15. The van der Waals surface area contributed by atoms with Gasteiger partial charge in [-0.25, -0.2) is 4.79 Å². The van der Waals surface area contributed by atoms with Crippen LogP contribution in [0.2, 0.25) is 5.02 Å². The topological polar surface area (TPSA) is 65.1 Å². The van der Waals surface area contributed by atoms with Crippen molar-refractivity contribution in [2.24, 2.45) is 0 Å². The van der Waals surface area contributed by atoms with E-state index in [-0.39, 0.29) is 18.0 Å². The zero-order chi connectivity index (χ0) is 26.6. The van der Waals surface area contributed by atoms with Crippen LogP contribution in [0.4, 0.5) is 16.2 Å². The number of carbonyl (C=O) groups excluding carboxylic acids is 2. The number of benzene rings is 3. The fourth-order valence-corrected chi connectivity index (χ4v) is 6.08. The van der Waals surface area contributed by atoms with E-state index in [4.69, 9.17) is 16.3 Å². The molecule has 6 rings (SSSR count). The number of hydrogen-bond donors (Lipinski definition) is 1. The second-order valence-corrected chi connectivity index (χ2v) is 11.0. The van der Waals surface area contributed by atoms with Crippen molar-refractivity contribution in [3.8, 4) is 5.75 Å². The summed E-state index contributed by atoms with van der Waals surface area (Å²) in [7, 11) is 0. The lowest BCUT2D eigenvalue weighted by atomic mass is 9.90. The van der Waals surface area contributed by atoms with Crippen molar-refractivity contribution in [1.82, 2.24) is 10.2 Å². The van der Waals surface area contributed by atoms with Gasteiger partial charge >= 0.3 is 6.03 Å². The lowest BCUT2D eigenvalue weighted by Gasteiger charge is -2.50. The van der Waals surface area contributed by atoms with Crippen LogP contribution in [-0.2, 0) is 0 Å². The van der Waals surface area contributed by atoms with E-state index in [1.54, 1.807) is 23.1 Å². The van der Waals surface area contributed by atoms with E-state index in [0.717, 1.165) is 18.7 Å². The summed E-state index contributed by atoms with van der Waals surface area (Å²) in [5.74, 6) is 0.719. The Morgan fingerprint density at radius 1 is 1.03 bits per heavy atom. The Labute approximate surface area is 227 Å². The van der Waals surface area contributed by atoms with Crippen molar-refractivity contribution < 1.29 is 14.3 Å². The van der Waals surface area contributed by atoms with Gasteiger partial charge in [-0.1, -0.05) is 23.7 Å². The average Bonchev–Trinajstić information content (AvgIpc) is 2.90. The van der Waals surface area contributed by atoms with Crippen molar-refractivity contribution in [1.29, 1.82) is 0 Å². The van der Waals surface area contributed by atoms with E-state index >= 15 is 0 Å². The highest BCUT2D eigenvalue weighted by Gasteiger charge is 2.49. The molecule has 3 heterocycles. The molecule has 38 heavy (non-hydrogen) atoms. The predicted molar refractivity (Wildman–Crippen MR) is 149 cm³/mol. The molecule has 2 unspecified atom stereocenters. The molecule has 0 aromatic heterocycles. The molecule has 196 valence electrons. The summed E-state index contributed by atoms with van der Waals surface area (Å²) in [5, 5.41) is 3.70. The number of amides is 3. The minimum absolute atomic E-state index is 0.00579. The average molecular weight is 531 g/mol. The molecule has 2 bridgehead atoms. The minimum atomic E-state index is -0.858. The fourth-order valence-electron chi connectivity index (χ4n) is 5.90. The molecule has 2 saturated heterocycles. The van der Waals surface area contributed by atoms with Crippen LogP contribution < -0.4 is 19.9 Å². The number of rotatable bonds is 3. The smallest absolute Gasteiger partial charge is 0.325 e. The molecule has 2 atom stereocenters. The van der Waals surface area contributed by atoms with Crippen molar-refractivity contribution in [2.45, 2.75) is 39.0 Å². The van der Waals surface area contributed by atoms with Gasteiger partial charge in [-0.15, -0.1) is 0 Å². The Hall–Kier alpha value is -3.71. The number of ether oxygens (including phenoxy) is 1. The lowest BCUT2D eigenvalue weighted by molar-refractivity contribution is 0.0379. The van der Waals surface area contributed by atoms with Gasteiger partial charge < -0.3 is 19.9 Å². The van der Waals surface area contributed by atoms with Crippen LogP contribution in [0.15, 0.2) is 60.7 Å². The summed E-state index contributed by atoms with van der Waals surface area (Å²) in [6.45, 7) is 9.13. The van der Waals surface area contributed by atoms with Gasteiger partial charge in [-0.2, -0.15) is 0 Å². The molecule has 3 aromatic carbocycles. The van der Waals surface area contributed by atoms with E-state index in [2.05, 4.69) is 42.3 Å². The van der Waals surface area contributed by atoms with Crippen molar-refractivity contribution >= 4 is 34.9 Å². The molecule has 0 saturated carbocycles. The zero-order valence-electron chi connectivity index (χ0n) is 21.8. The molecular weight excluding hydrogens is 500 g/mol. The van der Waals surface area contributed by atoms with E-state index in [9.17, 15) is 9.59 Å². The van der Waals surface area contributed by atoms with Crippen LogP contribution >= 0.6 is 11.6 Å². The number of hydrogen-bond acceptors (Lipinski definition) is 4. The van der Waals surface area contributed by atoms with Crippen molar-refractivity contribution in [3.05, 3.63) is 87.9 Å². The van der Waals surface area contributed by atoms with Gasteiger partial charge in [0.1, 0.15) is 5.75 Å². The number of nitrogens with one attached hydrogen (secondary N) is 1. The predicted octanol–water partition coefficient (Wildman–Crippen LogP) is 5.69. The monoisotopic (exact) mass is 530 g/mol. The molecular formula is C30H31ClN4O3. The maximum atomic E-state index is 13.3. The number of anilines is 2. The highest BCUT2D eigenvalue weighted by atomic mass is 35.5. The Morgan fingerprint density at radius 2 is 1.76 bits per heavy atom. The first kappa shape index (κ1) is 24.6. The van der Waals surface area contributed by atoms with Gasteiger partial charge in [-0.05, 0) is 80.4 Å². The Morgan fingerprint density at radius 3 is 2.50 bits per heavy atom. The summed E-state index contributed by atoms with van der Waals surface area (Å²) in [4.78, 5) is 32.4. The van der Waals surface area contributed by atoms with Crippen LogP contribution in [0.1, 0.15) is 46.4 Å². The number of aryl methyl sites for hydroxylation is 1. The minimum Gasteiger partial charge on any atom is -0.467 e. The van der Waals surface area contributed by atoms with Crippen molar-refractivity contribution in [2.75, 3.05) is 36.0 Å². The number of carbonyl (C=O) groups is 2. The number of fused-ring (bicyclic) bond motifs is 4. The third-order valence-corrected chi connectivity index (χ3v) is 8.32. The van der Waals surface area contributed by atoms with Gasteiger partial charge in [0.2, 0.25) is 0 Å². The SMILES string of the molecule is Cc1cccc(N2CCN(C(=O)c3ccc(N4C(=O)NC5CC4(C)Oc4ccc(Cl)cc45)cc3)CC2)c1C. The third-order valence-electron chi connectivity index (χ3n) is 8.09. The van der Waals surface area contributed by atoms with E-state index in [1.807, 2.05) is 36.1 Å². The molecule has 3 aliphatic heterocycles. The number of urea groups is 1. The summed E-state index contributed by atoms with van der Waals surface area (Å²) >= 11 is 6.18. The van der Waals surface area contributed by atoms with Crippen LogP contribution in [-0.4, -0.2) is 48.7 Å². The first-order chi connectivity index (χ1) is 18.2.